The second-order valence-corrected chi connectivity index (χ2v) is 6.24. The fourth-order valence-electron chi connectivity index (χ4n) is 2.51. The third kappa shape index (κ3) is 4.92. The Hall–Kier alpha value is -3.15. The van der Waals surface area contributed by atoms with Crippen molar-refractivity contribution in [2.75, 3.05) is 24.2 Å². The smallest absolute Gasteiger partial charge is 0.322 e. The maximum absolute atomic E-state index is 12.3. The van der Waals surface area contributed by atoms with Gasteiger partial charge in [-0.1, -0.05) is 30.3 Å². The third-order valence-corrected chi connectivity index (χ3v) is 3.99. The number of benzene rings is 2. The van der Waals surface area contributed by atoms with E-state index < -0.39 is 6.03 Å². The van der Waals surface area contributed by atoms with E-state index in [1.807, 2.05) is 32.0 Å². The second-order valence-electron chi connectivity index (χ2n) is 6.24. The number of likely N-dealkylation sites (N-methyl/N-ethyl adjacent to an activating group) is 1. The molecule has 0 radical (unpaired) electrons. The summed E-state index contributed by atoms with van der Waals surface area (Å²) in [6.07, 6.45) is 0. The average molecular weight is 353 g/mol. The molecule has 0 aromatic heterocycles. The van der Waals surface area contributed by atoms with Crippen LogP contribution in [0.1, 0.15) is 28.4 Å². The number of rotatable bonds is 5. The Labute approximate surface area is 153 Å². The molecule has 2 aromatic carbocycles. The molecule has 0 spiro atoms. The van der Waals surface area contributed by atoms with Crippen molar-refractivity contribution in [3.8, 4) is 0 Å². The summed E-state index contributed by atoms with van der Waals surface area (Å²) in [5.41, 5.74) is 3.71. The van der Waals surface area contributed by atoms with E-state index in [9.17, 15) is 14.4 Å². The first-order valence-electron chi connectivity index (χ1n) is 8.27. The molecule has 2 N–H and O–H groups in total. The summed E-state index contributed by atoms with van der Waals surface area (Å²) in [6.45, 7) is 5.21. The molecular weight excluding hydrogens is 330 g/mol. The number of carbonyl (C=O) groups is 3. The average Bonchev–Trinajstić information content (AvgIpc) is 2.58. The summed E-state index contributed by atoms with van der Waals surface area (Å²) in [4.78, 5) is 37.2. The standard InChI is InChI=1S/C20H23N3O3/c1-13-7-5-8-14(2)19(13)22-18(25)12-23(4)20(26)21-17-10-6-9-16(11-17)15(3)24/h5-11H,12H2,1-4H3,(H,21,26)(H,22,25). The molecule has 0 heterocycles. The Morgan fingerprint density at radius 1 is 0.962 bits per heavy atom. The molecule has 0 aliphatic rings. The van der Waals surface area contributed by atoms with Crippen molar-refractivity contribution in [3.05, 3.63) is 59.2 Å². The molecule has 0 aliphatic heterocycles. The van der Waals surface area contributed by atoms with E-state index in [4.69, 9.17) is 0 Å². The van der Waals surface area contributed by atoms with E-state index in [0.717, 1.165) is 16.8 Å². The largest absolute Gasteiger partial charge is 0.324 e. The van der Waals surface area contributed by atoms with Crippen LogP contribution in [0.25, 0.3) is 0 Å². The predicted molar refractivity (Wildman–Crippen MR) is 103 cm³/mol. The number of Topliss-reactive ketones (excluding diaryl/α,β-unsaturated/α-hetero) is 1. The summed E-state index contributed by atoms with van der Waals surface area (Å²) in [5, 5.41) is 5.53. The molecule has 0 unspecified atom stereocenters. The number of urea groups is 1. The number of carbonyl (C=O) groups excluding carboxylic acids is 3. The monoisotopic (exact) mass is 353 g/mol. The molecule has 136 valence electrons. The van der Waals surface area contributed by atoms with Crippen LogP contribution >= 0.6 is 0 Å². The number of amides is 3. The highest BCUT2D eigenvalue weighted by Gasteiger charge is 2.15. The number of ketones is 1. The van der Waals surface area contributed by atoms with E-state index in [-0.39, 0.29) is 18.2 Å². The van der Waals surface area contributed by atoms with Crippen molar-refractivity contribution in [3.63, 3.8) is 0 Å². The molecule has 6 nitrogen and oxygen atoms in total. The summed E-state index contributed by atoms with van der Waals surface area (Å²) in [7, 11) is 1.54. The number of anilines is 2. The van der Waals surface area contributed by atoms with Gasteiger partial charge in [-0.25, -0.2) is 4.79 Å². The predicted octanol–water partition coefficient (Wildman–Crippen LogP) is 3.61. The van der Waals surface area contributed by atoms with Gasteiger partial charge in [0.05, 0.1) is 0 Å². The minimum absolute atomic E-state index is 0.0811. The van der Waals surface area contributed by atoms with Crippen molar-refractivity contribution >= 4 is 29.1 Å². The van der Waals surface area contributed by atoms with Crippen LogP contribution in [0.15, 0.2) is 42.5 Å². The molecule has 2 aromatic rings. The van der Waals surface area contributed by atoms with Crippen LogP contribution in [-0.2, 0) is 4.79 Å². The van der Waals surface area contributed by atoms with Gasteiger partial charge in [0.1, 0.15) is 6.54 Å². The maximum atomic E-state index is 12.3. The molecule has 3 amide bonds. The number of para-hydroxylation sites is 1. The number of nitrogens with zero attached hydrogens (tertiary/aromatic N) is 1. The fraction of sp³-hybridized carbons (Fsp3) is 0.250. The minimum Gasteiger partial charge on any atom is -0.324 e. The van der Waals surface area contributed by atoms with Crippen molar-refractivity contribution in [2.45, 2.75) is 20.8 Å². The van der Waals surface area contributed by atoms with Gasteiger partial charge in [-0.15, -0.1) is 0 Å². The molecule has 0 aliphatic carbocycles. The van der Waals surface area contributed by atoms with E-state index in [2.05, 4.69) is 10.6 Å². The number of nitrogens with one attached hydrogen (secondary N) is 2. The summed E-state index contributed by atoms with van der Waals surface area (Å²) < 4.78 is 0. The van der Waals surface area contributed by atoms with Crippen LogP contribution in [0.2, 0.25) is 0 Å². The Bertz CT molecular complexity index is 826. The van der Waals surface area contributed by atoms with Crippen LogP contribution in [0, 0.1) is 13.8 Å². The number of aryl methyl sites for hydroxylation is 2. The van der Waals surface area contributed by atoms with Gasteiger partial charge in [-0.2, -0.15) is 0 Å². The molecule has 0 bridgehead atoms. The van der Waals surface area contributed by atoms with Gasteiger partial charge in [0.25, 0.3) is 0 Å². The zero-order chi connectivity index (χ0) is 19.3. The van der Waals surface area contributed by atoms with E-state index in [1.54, 1.807) is 24.3 Å². The number of hydrogen-bond donors (Lipinski definition) is 2. The molecule has 0 fully saturated rings. The molecule has 6 heteroatoms. The van der Waals surface area contributed by atoms with Crippen LogP contribution in [0.4, 0.5) is 16.2 Å². The number of hydrogen-bond acceptors (Lipinski definition) is 3. The van der Waals surface area contributed by atoms with Gasteiger partial charge in [0.2, 0.25) is 5.91 Å². The third-order valence-electron chi connectivity index (χ3n) is 3.99. The van der Waals surface area contributed by atoms with Crippen molar-refractivity contribution < 1.29 is 14.4 Å². The van der Waals surface area contributed by atoms with Crippen LogP contribution in [-0.4, -0.2) is 36.2 Å². The lowest BCUT2D eigenvalue weighted by Crippen LogP contribution is -2.37. The van der Waals surface area contributed by atoms with E-state index in [0.29, 0.717) is 11.3 Å². The van der Waals surface area contributed by atoms with E-state index >= 15 is 0 Å². The Balaban J connectivity index is 1.97. The van der Waals surface area contributed by atoms with Crippen molar-refractivity contribution in [1.82, 2.24) is 4.90 Å². The maximum Gasteiger partial charge on any atom is 0.322 e. The lowest BCUT2D eigenvalue weighted by molar-refractivity contribution is -0.116. The normalized spacial score (nSPS) is 10.2. The first-order valence-corrected chi connectivity index (χ1v) is 8.27. The summed E-state index contributed by atoms with van der Waals surface area (Å²) in [6, 6.07) is 12.0. The summed E-state index contributed by atoms with van der Waals surface area (Å²) >= 11 is 0. The van der Waals surface area contributed by atoms with Gasteiger partial charge < -0.3 is 15.5 Å². The Morgan fingerprint density at radius 2 is 1.58 bits per heavy atom. The highest BCUT2D eigenvalue weighted by molar-refractivity contribution is 5.99. The van der Waals surface area contributed by atoms with Gasteiger partial charge in [0.15, 0.2) is 5.78 Å². The first-order chi connectivity index (χ1) is 12.3. The molecule has 0 saturated heterocycles. The molecule has 2 rings (SSSR count). The quantitative estimate of drug-likeness (QED) is 0.806. The zero-order valence-corrected chi connectivity index (χ0v) is 15.4. The van der Waals surface area contributed by atoms with Gasteiger partial charge in [-0.05, 0) is 44.0 Å². The lowest BCUT2D eigenvalue weighted by atomic mass is 10.1. The van der Waals surface area contributed by atoms with Gasteiger partial charge >= 0.3 is 6.03 Å². The minimum atomic E-state index is -0.428. The van der Waals surface area contributed by atoms with Gasteiger partial charge in [-0.3, -0.25) is 9.59 Å². The first kappa shape index (κ1) is 19.2. The van der Waals surface area contributed by atoms with Crippen LogP contribution in [0.5, 0.6) is 0 Å². The van der Waals surface area contributed by atoms with Crippen LogP contribution in [0.3, 0.4) is 0 Å². The van der Waals surface area contributed by atoms with E-state index in [1.165, 1.54) is 18.9 Å². The molecule has 0 atom stereocenters. The zero-order valence-electron chi connectivity index (χ0n) is 15.4. The molecule has 26 heavy (non-hydrogen) atoms. The van der Waals surface area contributed by atoms with Gasteiger partial charge in [0, 0.05) is 24.0 Å². The summed E-state index contributed by atoms with van der Waals surface area (Å²) in [5.74, 6) is -0.361. The Morgan fingerprint density at radius 3 is 2.19 bits per heavy atom. The molecule has 0 saturated carbocycles. The Kier molecular flexibility index (Phi) is 6.11. The highest BCUT2D eigenvalue weighted by atomic mass is 16.2. The second kappa shape index (κ2) is 8.29. The van der Waals surface area contributed by atoms with Crippen molar-refractivity contribution in [2.24, 2.45) is 0 Å². The van der Waals surface area contributed by atoms with Crippen molar-refractivity contribution in [1.29, 1.82) is 0 Å². The SMILES string of the molecule is CC(=O)c1cccc(NC(=O)N(C)CC(=O)Nc2c(C)cccc2C)c1. The molecular formula is C20H23N3O3. The topological polar surface area (TPSA) is 78.5 Å². The van der Waals surface area contributed by atoms with Crippen LogP contribution < -0.4 is 10.6 Å². The lowest BCUT2D eigenvalue weighted by Gasteiger charge is -2.19. The highest BCUT2D eigenvalue weighted by Crippen LogP contribution is 2.19. The fourth-order valence-corrected chi connectivity index (χ4v) is 2.51.